The van der Waals surface area contributed by atoms with Crippen molar-refractivity contribution in [1.29, 1.82) is 0 Å². The number of aromatic nitrogens is 2. The minimum absolute atomic E-state index is 0.549. The van der Waals surface area contributed by atoms with Crippen LogP contribution in [-0.2, 0) is 0 Å². The Morgan fingerprint density at radius 3 is 3.15 bits per heavy atom. The van der Waals surface area contributed by atoms with E-state index < -0.39 is 0 Å². The van der Waals surface area contributed by atoms with E-state index in [9.17, 15) is 0 Å². The summed E-state index contributed by atoms with van der Waals surface area (Å²) < 4.78 is 1.98. The summed E-state index contributed by atoms with van der Waals surface area (Å²) in [6, 6.07) is 5.92. The molecular weight excluding hydrogens is 162 g/mol. The summed E-state index contributed by atoms with van der Waals surface area (Å²) >= 11 is 0. The molecule has 0 aliphatic carbocycles. The number of imidazole rings is 1. The molecule has 2 N–H and O–H groups in total. The molecular formula is C10H11N3. The van der Waals surface area contributed by atoms with Crippen LogP contribution in [0.25, 0.3) is 11.7 Å². The summed E-state index contributed by atoms with van der Waals surface area (Å²) in [5.74, 6) is 0. The molecule has 66 valence electrons. The first-order chi connectivity index (χ1) is 6.40. The van der Waals surface area contributed by atoms with Crippen LogP contribution in [0.2, 0.25) is 0 Å². The van der Waals surface area contributed by atoms with Crippen LogP contribution in [0.15, 0.2) is 36.7 Å². The Morgan fingerprint density at radius 2 is 2.38 bits per heavy atom. The second kappa shape index (κ2) is 3.41. The zero-order valence-corrected chi connectivity index (χ0v) is 7.22. The number of pyridine rings is 1. The average molecular weight is 173 g/mol. The highest BCUT2D eigenvalue weighted by Gasteiger charge is 1.95. The van der Waals surface area contributed by atoms with E-state index in [0.717, 1.165) is 11.3 Å². The highest BCUT2D eigenvalue weighted by atomic mass is 15.0. The van der Waals surface area contributed by atoms with Crippen molar-refractivity contribution in [2.75, 3.05) is 6.54 Å². The number of nitrogens with two attached hydrogens (primary N) is 1. The smallest absolute Gasteiger partial charge is 0.137 e. The fourth-order valence-electron chi connectivity index (χ4n) is 1.22. The summed E-state index contributed by atoms with van der Waals surface area (Å²) in [5, 5.41) is 0. The van der Waals surface area contributed by atoms with Crippen molar-refractivity contribution >= 4 is 11.7 Å². The Balaban J connectivity index is 2.44. The molecule has 0 amide bonds. The maximum atomic E-state index is 5.35. The van der Waals surface area contributed by atoms with E-state index in [1.54, 1.807) is 0 Å². The van der Waals surface area contributed by atoms with Gasteiger partial charge in [0.15, 0.2) is 0 Å². The quantitative estimate of drug-likeness (QED) is 0.744. The third-order valence-corrected chi connectivity index (χ3v) is 1.81. The number of fused-ring (bicyclic) bond motifs is 1. The molecule has 0 aliphatic heterocycles. The monoisotopic (exact) mass is 173 g/mol. The van der Waals surface area contributed by atoms with Gasteiger partial charge in [0, 0.05) is 18.9 Å². The minimum atomic E-state index is 0.549. The van der Waals surface area contributed by atoms with Crippen molar-refractivity contribution in [2.45, 2.75) is 0 Å². The molecule has 0 spiro atoms. The van der Waals surface area contributed by atoms with Crippen LogP contribution in [0.4, 0.5) is 0 Å². The van der Waals surface area contributed by atoms with Crippen LogP contribution >= 0.6 is 0 Å². The van der Waals surface area contributed by atoms with E-state index in [-0.39, 0.29) is 0 Å². The van der Waals surface area contributed by atoms with Gasteiger partial charge in [-0.3, -0.25) is 0 Å². The number of nitrogens with zero attached hydrogens (tertiary/aromatic N) is 2. The van der Waals surface area contributed by atoms with Crippen molar-refractivity contribution in [3.8, 4) is 0 Å². The second-order valence-corrected chi connectivity index (χ2v) is 2.77. The molecule has 0 saturated carbocycles. The van der Waals surface area contributed by atoms with Crippen molar-refractivity contribution in [1.82, 2.24) is 9.38 Å². The first kappa shape index (κ1) is 8.01. The molecule has 0 aliphatic rings. The van der Waals surface area contributed by atoms with E-state index >= 15 is 0 Å². The fraction of sp³-hybridized carbons (Fsp3) is 0.100. The number of hydrogen-bond acceptors (Lipinski definition) is 2. The summed E-state index contributed by atoms with van der Waals surface area (Å²) in [5.41, 5.74) is 7.25. The lowest BCUT2D eigenvalue weighted by molar-refractivity contribution is 1.19. The Kier molecular flexibility index (Phi) is 2.10. The molecule has 0 atom stereocenters. The Labute approximate surface area is 76.5 Å². The van der Waals surface area contributed by atoms with Gasteiger partial charge < -0.3 is 10.1 Å². The van der Waals surface area contributed by atoms with Crippen molar-refractivity contribution < 1.29 is 0 Å². The lowest BCUT2D eigenvalue weighted by Gasteiger charge is -1.86. The molecule has 3 heteroatoms. The first-order valence-corrected chi connectivity index (χ1v) is 4.20. The predicted molar refractivity (Wildman–Crippen MR) is 53.3 cm³/mol. The molecule has 2 rings (SSSR count). The van der Waals surface area contributed by atoms with Gasteiger partial charge >= 0.3 is 0 Å². The predicted octanol–water partition coefficient (Wildman–Crippen LogP) is 1.31. The van der Waals surface area contributed by atoms with E-state index in [2.05, 4.69) is 4.98 Å². The third kappa shape index (κ3) is 1.60. The van der Waals surface area contributed by atoms with Gasteiger partial charge in [0.05, 0.1) is 5.69 Å². The Bertz CT molecular complexity index is 395. The maximum Gasteiger partial charge on any atom is 0.137 e. The van der Waals surface area contributed by atoms with Gasteiger partial charge in [-0.25, -0.2) is 4.98 Å². The summed E-state index contributed by atoms with van der Waals surface area (Å²) in [6.45, 7) is 0.549. The lowest BCUT2D eigenvalue weighted by Crippen LogP contribution is -1.91. The van der Waals surface area contributed by atoms with Crippen LogP contribution in [0.5, 0.6) is 0 Å². The molecule has 3 nitrogen and oxygen atoms in total. The lowest BCUT2D eigenvalue weighted by atomic mass is 10.4. The molecule has 13 heavy (non-hydrogen) atoms. The maximum absolute atomic E-state index is 5.35. The molecule has 2 heterocycles. The minimum Gasteiger partial charge on any atom is -0.327 e. The normalized spacial score (nSPS) is 11.5. The van der Waals surface area contributed by atoms with Crippen LogP contribution in [0.1, 0.15) is 5.69 Å². The van der Waals surface area contributed by atoms with E-state index in [1.807, 2.05) is 47.1 Å². The largest absolute Gasteiger partial charge is 0.327 e. The van der Waals surface area contributed by atoms with Gasteiger partial charge in [0.1, 0.15) is 5.65 Å². The molecule has 0 aromatic carbocycles. The fourth-order valence-corrected chi connectivity index (χ4v) is 1.22. The van der Waals surface area contributed by atoms with Crippen LogP contribution in [0, 0.1) is 0 Å². The SMILES string of the molecule is NCC=Cc1cn2ccccc2n1. The average Bonchev–Trinajstić information content (AvgIpc) is 2.57. The van der Waals surface area contributed by atoms with Crippen molar-refractivity contribution in [3.05, 3.63) is 42.4 Å². The first-order valence-electron chi connectivity index (χ1n) is 4.20. The standard InChI is InChI=1S/C10H11N3/c11-6-3-4-9-8-13-7-2-1-5-10(13)12-9/h1-5,7-8H,6,11H2. The zero-order chi connectivity index (χ0) is 9.10. The van der Waals surface area contributed by atoms with Gasteiger partial charge in [0.2, 0.25) is 0 Å². The van der Waals surface area contributed by atoms with Gasteiger partial charge in [-0.15, -0.1) is 0 Å². The topological polar surface area (TPSA) is 43.3 Å². The van der Waals surface area contributed by atoms with Gasteiger partial charge in [0.25, 0.3) is 0 Å². The molecule has 0 saturated heterocycles. The van der Waals surface area contributed by atoms with Crippen LogP contribution < -0.4 is 5.73 Å². The Hall–Kier alpha value is -1.61. The van der Waals surface area contributed by atoms with Crippen molar-refractivity contribution in [3.63, 3.8) is 0 Å². The highest BCUT2D eigenvalue weighted by Crippen LogP contribution is 2.05. The summed E-state index contributed by atoms with van der Waals surface area (Å²) in [7, 11) is 0. The van der Waals surface area contributed by atoms with E-state index in [0.29, 0.717) is 6.54 Å². The second-order valence-electron chi connectivity index (χ2n) is 2.77. The van der Waals surface area contributed by atoms with Gasteiger partial charge in [-0.1, -0.05) is 12.1 Å². The van der Waals surface area contributed by atoms with E-state index in [4.69, 9.17) is 5.73 Å². The molecule has 0 radical (unpaired) electrons. The number of rotatable bonds is 2. The van der Waals surface area contributed by atoms with Gasteiger partial charge in [-0.05, 0) is 18.2 Å². The summed E-state index contributed by atoms with van der Waals surface area (Å²) in [6.07, 6.45) is 7.76. The third-order valence-electron chi connectivity index (χ3n) is 1.81. The Morgan fingerprint density at radius 1 is 1.46 bits per heavy atom. The van der Waals surface area contributed by atoms with Crippen molar-refractivity contribution in [2.24, 2.45) is 5.73 Å². The molecule has 0 unspecified atom stereocenters. The zero-order valence-electron chi connectivity index (χ0n) is 7.22. The molecule has 2 aromatic rings. The van der Waals surface area contributed by atoms with E-state index in [1.165, 1.54) is 0 Å². The molecule has 2 aromatic heterocycles. The number of hydrogen-bond donors (Lipinski definition) is 1. The molecule has 0 fully saturated rings. The molecule has 0 bridgehead atoms. The highest BCUT2D eigenvalue weighted by molar-refractivity contribution is 5.51. The van der Waals surface area contributed by atoms with Gasteiger partial charge in [-0.2, -0.15) is 0 Å². The van der Waals surface area contributed by atoms with Crippen LogP contribution in [-0.4, -0.2) is 15.9 Å². The van der Waals surface area contributed by atoms with Crippen LogP contribution in [0.3, 0.4) is 0 Å². The summed E-state index contributed by atoms with van der Waals surface area (Å²) in [4.78, 5) is 4.37.